The monoisotopic (exact) mass is 283 g/mol. The van der Waals surface area contributed by atoms with E-state index in [-0.39, 0.29) is 0 Å². The lowest BCUT2D eigenvalue weighted by molar-refractivity contribution is 0.253. The van der Waals surface area contributed by atoms with E-state index in [0.29, 0.717) is 0 Å². The van der Waals surface area contributed by atoms with E-state index in [0.717, 1.165) is 30.7 Å². The van der Waals surface area contributed by atoms with Crippen molar-refractivity contribution in [2.24, 2.45) is 0 Å². The molecule has 0 aromatic heterocycles. The van der Waals surface area contributed by atoms with E-state index in [1.165, 1.54) is 5.56 Å². The van der Waals surface area contributed by atoms with Crippen LogP contribution >= 0.6 is 12.2 Å². The molecule has 0 atom stereocenters. The van der Waals surface area contributed by atoms with Gasteiger partial charge in [0.05, 0.1) is 13.3 Å². The molecule has 4 heteroatoms. The number of nitrogens with one attached hydrogen (secondary N) is 1. The normalized spacial score (nSPS) is 16.0. The Bertz CT molecular complexity index is 571. The van der Waals surface area contributed by atoms with Crippen LogP contribution in [-0.4, -0.2) is 23.3 Å². The first-order valence-corrected chi connectivity index (χ1v) is 7.10. The molecular weight excluding hydrogens is 266 g/mol. The molecule has 1 heterocycles. The van der Waals surface area contributed by atoms with Crippen LogP contribution in [0.3, 0.4) is 0 Å². The molecule has 1 aliphatic heterocycles. The van der Waals surface area contributed by atoms with Crippen molar-refractivity contribution >= 4 is 23.0 Å². The summed E-state index contributed by atoms with van der Waals surface area (Å²) >= 11 is 5.41. The van der Waals surface area contributed by atoms with Gasteiger partial charge in [-0.2, -0.15) is 0 Å². The Morgan fingerprint density at radius 2 is 1.60 bits per heavy atom. The summed E-state index contributed by atoms with van der Waals surface area (Å²) in [5.41, 5.74) is 2.44. The van der Waals surface area contributed by atoms with Crippen molar-refractivity contribution in [1.29, 1.82) is 0 Å². The van der Waals surface area contributed by atoms with Gasteiger partial charge in [0, 0.05) is 12.2 Å². The summed E-state index contributed by atoms with van der Waals surface area (Å²) in [6.07, 6.45) is 0. The standard InChI is InChI=1S/C16H17N3S/c20-16-17-12-18(11-14-7-3-1-4-8-14)13-19(16)15-9-5-2-6-10-15/h1-10H,11-13H2,(H,17,20). The Hall–Kier alpha value is -1.91. The molecular formula is C16H17N3S. The first kappa shape index (κ1) is 13.1. The van der Waals surface area contributed by atoms with Crippen LogP contribution in [0, 0.1) is 0 Å². The van der Waals surface area contributed by atoms with Gasteiger partial charge in [0.1, 0.15) is 0 Å². The van der Waals surface area contributed by atoms with E-state index in [1.807, 2.05) is 24.3 Å². The molecule has 0 bridgehead atoms. The smallest absolute Gasteiger partial charge is 0.175 e. The summed E-state index contributed by atoms with van der Waals surface area (Å²) in [4.78, 5) is 4.46. The number of anilines is 1. The van der Waals surface area contributed by atoms with Gasteiger partial charge in [-0.3, -0.25) is 4.90 Å². The second-order valence-electron chi connectivity index (χ2n) is 4.86. The maximum Gasteiger partial charge on any atom is 0.175 e. The van der Waals surface area contributed by atoms with Crippen LogP contribution < -0.4 is 10.2 Å². The summed E-state index contributed by atoms with van der Waals surface area (Å²) < 4.78 is 0. The molecule has 2 aromatic carbocycles. The summed E-state index contributed by atoms with van der Waals surface area (Å²) in [6.45, 7) is 2.52. The van der Waals surface area contributed by atoms with Gasteiger partial charge in [0.15, 0.2) is 5.11 Å². The molecule has 20 heavy (non-hydrogen) atoms. The Kier molecular flexibility index (Phi) is 3.95. The Morgan fingerprint density at radius 1 is 0.950 bits per heavy atom. The van der Waals surface area contributed by atoms with E-state index in [4.69, 9.17) is 12.2 Å². The number of benzene rings is 2. The predicted molar refractivity (Wildman–Crippen MR) is 86.4 cm³/mol. The van der Waals surface area contributed by atoms with E-state index in [1.54, 1.807) is 0 Å². The minimum absolute atomic E-state index is 0.789. The zero-order valence-electron chi connectivity index (χ0n) is 11.2. The fourth-order valence-corrected chi connectivity index (χ4v) is 2.57. The minimum atomic E-state index is 0.789. The second-order valence-corrected chi connectivity index (χ2v) is 5.25. The largest absolute Gasteiger partial charge is 0.349 e. The number of hydrogen-bond acceptors (Lipinski definition) is 2. The lowest BCUT2D eigenvalue weighted by Gasteiger charge is -2.38. The molecule has 2 aromatic rings. The highest BCUT2D eigenvalue weighted by Crippen LogP contribution is 2.17. The fraction of sp³-hybridized carbons (Fsp3) is 0.188. The zero-order chi connectivity index (χ0) is 13.8. The number of hydrogen-bond donors (Lipinski definition) is 1. The predicted octanol–water partition coefficient (Wildman–Crippen LogP) is 2.80. The summed E-state index contributed by atoms with van der Waals surface area (Å²) in [5.74, 6) is 0. The average molecular weight is 283 g/mol. The third-order valence-corrected chi connectivity index (χ3v) is 3.72. The van der Waals surface area contributed by atoms with E-state index in [9.17, 15) is 0 Å². The van der Waals surface area contributed by atoms with Gasteiger partial charge in [-0.05, 0) is 29.9 Å². The highest BCUT2D eigenvalue weighted by molar-refractivity contribution is 7.80. The van der Waals surface area contributed by atoms with E-state index in [2.05, 4.69) is 51.5 Å². The Morgan fingerprint density at radius 3 is 2.30 bits per heavy atom. The van der Waals surface area contributed by atoms with E-state index < -0.39 is 0 Å². The minimum Gasteiger partial charge on any atom is -0.349 e. The van der Waals surface area contributed by atoms with Crippen molar-refractivity contribution in [2.45, 2.75) is 6.54 Å². The maximum absolute atomic E-state index is 5.41. The van der Waals surface area contributed by atoms with Crippen molar-refractivity contribution in [3.05, 3.63) is 66.2 Å². The van der Waals surface area contributed by atoms with Crippen molar-refractivity contribution in [1.82, 2.24) is 10.2 Å². The van der Waals surface area contributed by atoms with Crippen LogP contribution in [0.25, 0.3) is 0 Å². The molecule has 0 saturated carbocycles. The third kappa shape index (κ3) is 2.98. The summed E-state index contributed by atoms with van der Waals surface area (Å²) in [5, 5.41) is 4.08. The fourth-order valence-electron chi connectivity index (χ4n) is 2.34. The molecule has 0 unspecified atom stereocenters. The van der Waals surface area contributed by atoms with Crippen LogP contribution in [0.1, 0.15) is 5.56 Å². The Balaban J connectivity index is 1.72. The Labute approximate surface area is 124 Å². The molecule has 1 fully saturated rings. The van der Waals surface area contributed by atoms with Crippen LogP contribution in [0.4, 0.5) is 5.69 Å². The SMILES string of the molecule is S=C1NCN(Cc2ccccc2)CN1c1ccccc1. The van der Waals surface area contributed by atoms with Gasteiger partial charge in [-0.25, -0.2) is 0 Å². The number of para-hydroxylation sites is 1. The van der Waals surface area contributed by atoms with Gasteiger partial charge in [-0.1, -0.05) is 48.5 Å². The van der Waals surface area contributed by atoms with Crippen LogP contribution in [-0.2, 0) is 6.54 Å². The zero-order valence-corrected chi connectivity index (χ0v) is 12.0. The van der Waals surface area contributed by atoms with Gasteiger partial charge < -0.3 is 10.2 Å². The molecule has 1 saturated heterocycles. The number of nitrogens with zero attached hydrogens (tertiary/aromatic N) is 2. The molecule has 102 valence electrons. The maximum atomic E-state index is 5.41. The molecule has 3 rings (SSSR count). The average Bonchev–Trinajstić information content (AvgIpc) is 2.51. The topological polar surface area (TPSA) is 18.5 Å². The second kappa shape index (κ2) is 6.03. The molecule has 0 radical (unpaired) electrons. The number of rotatable bonds is 3. The van der Waals surface area contributed by atoms with Gasteiger partial charge in [0.25, 0.3) is 0 Å². The first-order chi connectivity index (χ1) is 9.83. The van der Waals surface area contributed by atoms with Crippen LogP contribution in [0.15, 0.2) is 60.7 Å². The van der Waals surface area contributed by atoms with Gasteiger partial charge in [-0.15, -0.1) is 0 Å². The third-order valence-electron chi connectivity index (χ3n) is 3.36. The summed E-state index contributed by atoms with van der Waals surface area (Å²) in [6, 6.07) is 20.8. The van der Waals surface area contributed by atoms with Crippen molar-refractivity contribution in [3.8, 4) is 0 Å². The van der Waals surface area contributed by atoms with Crippen LogP contribution in [0.5, 0.6) is 0 Å². The van der Waals surface area contributed by atoms with Crippen LogP contribution in [0.2, 0.25) is 0 Å². The number of thiocarbonyl (C=S) groups is 1. The summed E-state index contributed by atoms with van der Waals surface area (Å²) in [7, 11) is 0. The van der Waals surface area contributed by atoms with Crippen molar-refractivity contribution in [3.63, 3.8) is 0 Å². The van der Waals surface area contributed by atoms with Gasteiger partial charge >= 0.3 is 0 Å². The van der Waals surface area contributed by atoms with Crippen molar-refractivity contribution in [2.75, 3.05) is 18.2 Å². The van der Waals surface area contributed by atoms with E-state index >= 15 is 0 Å². The van der Waals surface area contributed by atoms with Gasteiger partial charge in [0.2, 0.25) is 0 Å². The molecule has 0 aliphatic carbocycles. The molecule has 1 N–H and O–H groups in total. The molecule has 3 nitrogen and oxygen atoms in total. The molecule has 0 amide bonds. The lowest BCUT2D eigenvalue weighted by atomic mass is 10.2. The molecule has 1 aliphatic rings. The lowest BCUT2D eigenvalue weighted by Crippen LogP contribution is -2.55. The first-order valence-electron chi connectivity index (χ1n) is 6.69. The highest BCUT2D eigenvalue weighted by atomic mass is 32.1. The quantitative estimate of drug-likeness (QED) is 0.873. The molecule has 0 spiro atoms. The van der Waals surface area contributed by atoms with Crippen molar-refractivity contribution < 1.29 is 0 Å². The highest BCUT2D eigenvalue weighted by Gasteiger charge is 2.21.